The van der Waals surface area contributed by atoms with E-state index in [9.17, 15) is 9.59 Å². The van der Waals surface area contributed by atoms with Crippen LogP contribution in [0.15, 0.2) is 24.3 Å². The van der Waals surface area contributed by atoms with E-state index in [-0.39, 0.29) is 30.1 Å². The molecule has 0 aliphatic carbocycles. The zero-order valence-electron chi connectivity index (χ0n) is 13.6. The van der Waals surface area contributed by atoms with Gasteiger partial charge >= 0.3 is 0 Å². The molecule has 1 fully saturated rings. The lowest BCUT2D eigenvalue weighted by atomic mass is 10.1. The van der Waals surface area contributed by atoms with E-state index >= 15 is 0 Å². The zero-order valence-corrected chi connectivity index (χ0v) is 14.4. The molecule has 0 radical (unpaired) electrons. The molecule has 1 atom stereocenters. The Labute approximate surface area is 144 Å². The van der Waals surface area contributed by atoms with Crippen LogP contribution in [0.4, 0.5) is 0 Å². The van der Waals surface area contributed by atoms with Crippen molar-refractivity contribution in [2.45, 2.75) is 32.7 Å². The van der Waals surface area contributed by atoms with Crippen LogP contribution in [-0.2, 0) is 11.3 Å². The van der Waals surface area contributed by atoms with Crippen LogP contribution in [0, 0.1) is 5.92 Å². The molecule has 1 unspecified atom stereocenters. The SMILES string of the molecule is CCCCNC(=O)c1ccc(CNC(=O)C2CCNC2)cc1.Cl. The molecular formula is C17H26ClN3O2. The molecule has 1 aliphatic rings. The van der Waals surface area contributed by atoms with Crippen LogP contribution in [0.3, 0.4) is 0 Å². The van der Waals surface area contributed by atoms with Gasteiger partial charge in [0.05, 0.1) is 5.92 Å². The maximum absolute atomic E-state index is 11.9. The molecule has 0 aromatic heterocycles. The van der Waals surface area contributed by atoms with Gasteiger partial charge < -0.3 is 16.0 Å². The van der Waals surface area contributed by atoms with Crippen molar-refractivity contribution in [3.8, 4) is 0 Å². The third-order valence-electron chi connectivity index (χ3n) is 3.93. The van der Waals surface area contributed by atoms with Gasteiger partial charge in [-0.3, -0.25) is 9.59 Å². The number of hydrogen-bond acceptors (Lipinski definition) is 3. The van der Waals surface area contributed by atoms with Crippen LogP contribution >= 0.6 is 12.4 Å². The summed E-state index contributed by atoms with van der Waals surface area (Å²) in [6, 6.07) is 7.39. The van der Waals surface area contributed by atoms with E-state index in [0.29, 0.717) is 18.7 Å². The molecule has 23 heavy (non-hydrogen) atoms. The summed E-state index contributed by atoms with van der Waals surface area (Å²) >= 11 is 0. The highest BCUT2D eigenvalue weighted by Gasteiger charge is 2.21. The summed E-state index contributed by atoms with van der Waals surface area (Å²) in [5, 5.41) is 9.03. The monoisotopic (exact) mass is 339 g/mol. The Hall–Kier alpha value is -1.59. The first-order chi connectivity index (χ1) is 10.7. The van der Waals surface area contributed by atoms with E-state index in [1.54, 1.807) is 12.1 Å². The van der Waals surface area contributed by atoms with Crippen LogP contribution in [0.25, 0.3) is 0 Å². The maximum atomic E-state index is 11.9. The van der Waals surface area contributed by atoms with Crippen molar-refractivity contribution in [2.24, 2.45) is 5.92 Å². The second kappa shape index (κ2) is 10.2. The van der Waals surface area contributed by atoms with E-state index in [1.807, 2.05) is 12.1 Å². The van der Waals surface area contributed by atoms with Crippen molar-refractivity contribution in [3.63, 3.8) is 0 Å². The minimum atomic E-state index is -0.0407. The lowest BCUT2D eigenvalue weighted by molar-refractivity contribution is -0.124. The van der Waals surface area contributed by atoms with E-state index in [2.05, 4.69) is 22.9 Å². The van der Waals surface area contributed by atoms with Crippen molar-refractivity contribution >= 4 is 24.2 Å². The van der Waals surface area contributed by atoms with E-state index in [1.165, 1.54) is 0 Å². The third-order valence-corrected chi connectivity index (χ3v) is 3.93. The highest BCUT2D eigenvalue weighted by Crippen LogP contribution is 2.09. The van der Waals surface area contributed by atoms with Gasteiger partial charge in [0.15, 0.2) is 0 Å². The second-order valence-corrected chi connectivity index (χ2v) is 5.71. The van der Waals surface area contributed by atoms with Crippen molar-refractivity contribution in [1.29, 1.82) is 0 Å². The van der Waals surface area contributed by atoms with Crippen molar-refractivity contribution < 1.29 is 9.59 Å². The fourth-order valence-electron chi connectivity index (χ4n) is 2.47. The number of carbonyl (C=O) groups excluding carboxylic acids is 2. The first kappa shape index (κ1) is 19.5. The number of amides is 2. The summed E-state index contributed by atoms with van der Waals surface area (Å²) in [5.41, 5.74) is 1.66. The van der Waals surface area contributed by atoms with Crippen molar-refractivity contribution in [2.75, 3.05) is 19.6 Å². The van der Waals surface area contributed by atoms with E-state index in [0.717, 1.165) is 37.9 Å². The molecule has 5 nitrogen and oxygen atoms in total. The molecule has 6 heteroatoms. The van der Waals surface area contributed by atoms with Gasteiger partial charge in [-0.1, -0.05) is 25.5 Å². The Bertz CT molecular complexity index is 499. The number of rotatable bonds is 7. The summed E-state index contributed by atoms with van der Waals surface area (Å²) in [5.74, 6) is 0.149. The number of hydrogen-bond donors (Lipinski definition) is 3. The number of halogens is 1. The quantitative estimate of drug-likeness (QED) is 0.664. The molecule has 2 amide bonds. The Balaban J connectivity index is 0.00000264. The van der Waals surface area contributed by atoms with E-state index < -0.39 is 0 Å². The first-order valence-corrected chi connectivity index (χ1v) is 8.06. The highest BCUT2D eigenvalue weighted by molar-refractivity contribution is 5.94. The largest absolute Gasteiger partial charge is 0.352 e. The fraction of sp³-hybridized carbons (Fsp3) is 0.529. The number of carbonyl (C=O) groups is 2. The molecule has 0 bridgehead atoms. The fourth-order valence-corrected chi connectivity index (χ4v) is 2.47. The molecule has 128 valence electrons. The summed E-state index contributed by atoms with van der Waals surface area (Å²) in [4.78, 5) is 23.8. The molecule has 1 aromatic rings. The van der Waals surface area contributed by atoms with Gasteiger partial charge in [0, 0.05) is 25.2 Å². The van der Waals surface area contributed by atoms with Crippen LogP contribution in [0.5, 0.6) is 0 Å². The minimum Gasteiger partial charge on any atom is -0.352 e. The van der Waals surface area contributed by atoms with Gasteiger partial charge in [-0.25, -0.2) is 0 Å². The predicted molar refractivity (Wildman–Crippen MR) is 93.8 cm³/mol. The molecule has 0 saturated carbocycles. The molecule has 2 rings (SSSR count). The van der Waals surface area contributed by atoms with Gasteiger partial charge in [-0.05, 0) is 37.1 Å². The summed E-state index contributed by atoms with van der Waals surface area (Å²) < 4.78 is 0. The smallest absolute Gasteiger partial charge is 0.251 e. The first-order valence-electron chi connectivity index (χ1n) is 8.06. The minimum absolute atomic E-state index is 0. The average Bonchev–Trinajstić information content (AvgIpc) is 3.08. The Kier molecular flexibility index (Phi) is 8.66. The molecule has 1 saturated heterocycles. The highest BCUT2D eigenvalue weighted by atomic mass is 35.5. The maximum Gasteiger partial charge on any atom is 0.251 e. The van der Waals surface area contributed by atoms with Crippen LogP contribution in [0.1, 0.15) is 42.1 Å². The number of benzene rings is 1. The molecule has 3 N–H and O–H groups in total. The molecule has 0 spiro atoms. The van der Waals surface area contributed by atoms with Crippen LogP contribution in [-0.4, -0.2) is 31.4 Å². The zero-order chi connectivity index (χ0) is 15.8. The second-order valence-electron chi connectivity index (χ2n) is 5.71. The topological polar surface area (TPSA) is 70.2 Å². The summed E-state index contributed by atoms with van der Waals surface area (Å²) in [7, 11) is 0. The standard InChI is InChI=1S/C17H25N3O2.ClH/c1-2-3-9-19-16(21)14-6-4-13(5-7-14)11-20-17(22)15-8-10-18-12-15;/h4-7,15,18H,2-3,8-12H2,1H3,(H,19,21)(H,20,22);1H. The van der Waals surface area contributed by atoms with Gasteiger partial charge in [0.1, 0.15) is 0 Å². The Morgan fingerprint density at radius 3 is 2.57 bits per heavy atom. The summed E-state index contributed by atoms with van der Waals surface area (Å²) in [6.45, 7) is 5.00. The normalized spacial score (nSPS) is 16.5. The van der Waals surface area contributed by atoms with Crippen molar-refractivity contribution in [1.82, 2.24) is 16.0 Å². The molecule has 1 aliphatic heterocycles. The summed E-state index contributed by atoms with van der Waals surface area (Å²) in [6.07, 6.45) is 2.96. The number of unbranched alkanes of at least 4 members (excludes halogenated alkanes) is 1. The third kappa shape index (κ3) is 6.20. The average molecular weight is 340 g/mol. The number of nitrogens with one attached hydrogen (secondary N) is 3. The lowest BCUT2D eigenvalue weighted by Crippen LogP contribution is -2.31. The van der Waals surface area contributed by atoms with Crippen LogP contribution < -0.4 is 16.0 Å². The predicted octanol–water partition coefficient (Wildman–Crippen LogP) is 1.86. The van der Waals surface area contributed by atoms with Gasteiger partial charge in [0.2, 0.25) is 5.91 Å². The van der Waals surface area contributed by atoms with Gasteiger partial charge in [0.25, 0.3) is 5.91 Å². The molecule has 1 aromatic carbocycles. The van der Waals surface area contributed by atoms with Gasteiger partial charge in [-0.15, -0.1) is 12.4 Å². The Morgan fingerprint density at radius 2 is 1.96 bits per heavy atom. The molecule has 1 heterocycles. The molecular weight excluding hydrogens is 314 g/mol. The van der Waals surface area contributed by atoms with Crippen LogP contribution in [0.2, 0.25) is 0 Å². The van der Waals surface area contributed by atoms with E-state index in [4.69, 9.17) is 0 Å². The van der Waals surface area contributed by atoms with Gasteiger partial charge in [-0.2, -0.15) is 0 Å². The Morgan fingerprint density at radius 1 is 1.22 bits per heavy atom. The van der Waals surface area contributed by atoms with Crippen molar-refractivity contribution in [3.05, 3.63) is 35.4 Å². The lowest BCUT2D eigenvalue weighted by Gasteiger charge is -2.10.